The first-order valence-electron chi connectivity index (χ1n) is 12.4. The summed E-state index contributed by atoms with van der Waals surface area (Å²) in [5.74, 6) is 0.984. The van der Waals surface area contributed by atoms with Gasteiger partial charge in [-0.3, -0.25) is 9.98 Å². The Bertz CT molecular complexity index is 2080. The van der Waals surface area contributed by atoms with Crippen LogP contribution in [0.25, 0.3) is 33.1 Å². The van der Waals surface area contributed by atoms with Crippen LogP contribution in [0.5, 0.6) is 5.75 Å². The van der Waals surface area contributed by atoms with Gasteiger partial charge in [0.05, 0.1) is 51.9 Å². The summed E-state index contributed by atoms with van der Waals surface area (Å²) in [5.41, 5.74) is 12.3. The molecule has 3 aliphatic rings. The Morgan fingerprint density at radius 3 is 2.15 bits per heavy atom. The average molecular weight is 571 g/mol. The number of ether oxygens (including phenoxy) is 1. The first-order valence-corrected chi connectivity index (χ1v) is 13.6. The van der Waals surface area contributed by atoms with Gasteiger partial charge in [-0.05, 0) is 77.6 Å². The molecular weight excluding hydrogens is 549 g/mol. The minimum absolute atomic E-state index is 0.665. The quantitative estimate of drug-likeness (QED) is 0.112. The monoisotopic (exact) mass is 570 g/mol. The van der Waals surface area contributed by atoms with Gasteiger partial charge in [-0.1, -0.05) is 6.07 Å². The smallest absolute Gasteiger partial charge is 0.175 e. The Morgan fingerprint density at radius 1 is 0.692 bits per heavy atom. The van der Waals surface area contributed by atoms with Gasteiger partial charge in [-0.15, -0.1) is 0 Å². The summed E-state index contributed by atoms with van der Waals surface area (Å²) >= 11 is 15.0. The number of rotatable bonds is 0. The number of aromatic amines is 6. The summed E-state index contributed by atoms with van der Waals surface area (Å²) in [6, 6.07) is 12.4. The second-order valence-corrected chi connectivity index (χ2v) is 10.6. The molecule has 194 valence electrons. The van der Waals surface area contributed by atoms with Crippen molar-refractivity contribution < 1.29 is 4.74 Å². The van der Waals surface area contributed by atoms with Crippen molar-refractivity contribution in [1.82, 2.24) is 29.9 Å². The van der Waals surface area contributed by atoms with Crippen LogP contribution in [0.4, 0.5) is 5.69 Å². The van der Waals surface area contributed by atoms with Crippen molar-refractivity contribution in [1.29, 1.82) is 0 Å². The molecule has 3 aromatic heterocycles. The summed E-state index contributed by atoms with van der Waals surface area (Å²) in [6.07, 6.45) is 5.75. The van der Waals surface area contributed by atoms with Crippen molar-refractivity contribution in [3.8, 4) is 5.75 Å². The molecule has 3 aromatic carbocycles. The van der Waals surface area contributed by atoms with Crippen LogP contribution in [0.1, 0.15) is 22.3 Å². The molecule has 3 aliphatic heterocycles. The van der Waals surface area contributed by atoms with E-state index in [4.69, 9.17) is 41.4 Å². The van der Waals surface area contributed by atoms with E-state index in [1.165, 1.54) is 22.3 Å². The molecule has 0 saturated carbocycles. The summed E-state index contributed by atoms with van der Waals surface area (Å²) in [5, 5.41) is 0. The highest BCUT2D eigenvalue weighted by Gasteiger charge is 2.13. The number of hydrogen-bond acceptors (Lipinski definition) is 6. The Kier molecular flexibility index (Phi) is 5.87. The summed E-state index contributed by atoms with van der Waals surface area (Å²) in [4.78, 5) is 27.0. The fraction of sp³-hybridized carbons (Fsp3) is 0.148. The van der Waals surface area contributed by atoms with Crippen molar-refractivity contribution in [2.24, 2.45) is 9.98 Å². The molecule has 6 aromatic rings. The number of aromatic nitrogens is 6. The molecule has 9 nitrogen and oxygen atoms in total. The van der Waals surface area contributed by atoms with E-state index in [1.807, 2.05) is 30.6 Å². The molecule has 0 aliphatic carbocycles. The van der Waals surface area contributed by atoms with Crippen LogP contribution in [-0.2, 0) is 19.4 Å². The highest BCUT2D eigenvalue weighted by molar-refractivity contribution is 7.71. The van der Waals surface area contributed by atoms with Crippen LogP contribution in [0.3, 0.4) is 0 Å². The number of H-pyrrole nitrogens is 6. The van der Waals surface area contributed by atoms with Gasteiger partial charge in [0, 0.05) is 36.9 Å². The van der Waals surface area contributed by atoms with Crippen molar-refractivity contribution in [3.05, 3.63) is 73.0 Å². The lowest BCUT2D eigenvalue weighted by Crippen LogP contribution is -1.85. The standard InChI is InChI=1S/2C9H7N3S.C9H8N2OS/c13-9-11-7-3-5-1-2-10-6(5)4-8(7)12-9;13-9-11-7-2-1-5-3-10-4-6(5)8(7)12-9;13-9-10-6-3-5-1-2-12-8(5)4-7(6)11-9/h2-4H,1H2,(H2,11,12,13);1-2,4H,3H2,(H2,11,12,13);3-4H,1-2H2,(H2,10,11,13). The maximum Gasteiger partial charge on any atom is 0.175 e. The van der Waals surface area contributed by atoms with Crippen LogP contribution >= 0.6 is 36.7 Å². The van der Waals surface area contributed by atoms with Crippen LogP contribution in [0.2, 0.25) is 0 Å². The van der Waals surface area contributed by atoms with Gasteiger partial charge in [0.25, 0.3) is 0 Å². The summed E-state index contributed by atoms with van der Waals surface area (Å²) in [7, 11) is 0. The molecule has 0 amide bonds. The zero-order valence-corrected chi connectivity index (χ0v) is 22.9. The van der Waals surface area contributed by atoms with Gasteiger partial charge < -0.3 is 34.6 Å². The fourth-order valence-electron chi connectivity index (χ4n) is 5.04. The van der Waals surface area contributed by atoms with E-state index in [2.05, 4.69) is 58.1 Å². The fourth-order valence-corrected chi connectivity index (χ4v) is 5.69. The first-order chi connectivity index (χ1) is 19.0. The zero-order chi connectivity index (χ0) is 26.5. The van der Waals surface area contributed by atoms with Crippen LogP contribution < -0.4 is 4.74 Å². The molecule has 0 saturated heterocycles. The van der Waals surface area contributed by atoms with E-state index >= 15 is 0 Å². The SMILES string of the molecule is S=c1[nH]c2cc3c(cc2[nH]1)N=CC3.S=c1[nH]c2cc3c(cc2[nH]1)OCC3.S=c1[nH]c2ccc3c(c2[nH]1)C=NC3. The molecule has 0 atom stereocenters. The van der Waals surface area contributed by atoms with Crippen LogP contribution in [0.15, 0.2) is 46.4 Å². The Labute approximate surface area is 236 Å². The number of nitrogens with one attached hydrogen (secondary N) is 6. The average Bonchev–Trinajstić information content (AvgIpc) is 3.73. The second-order valence-electron chi connectivity index (χ2n) is 9.41. The van der Waals surface area contributed by atoms with E-state index in [0.717, 1.165) is 70.5 Å². The molecular formula is C27H22N8OS3. The second kappa shape index (κ2) is 9.56. The topological polar surface area (TPSA) is 129 Å². The highest BCUT2D eigenvalue weighted by atomic mass is 32.1. The molecule has 0 unspecified atom stereocenters. The number of imidazole rings is 3. The lowest BCUT2D eigenvalue weighted by Gasteiger charge is -1.97. The van der Waals surface area contributed by atoms with Crippen molar-refractivity contribution in [2.75, 3.05) is 6.61 Å². The molecule has 6 heterocycles. The molecule has 9 rings (SSSR count). The summed E-state index contributed by atoms with van der Waals surface area (Å²) < 4.78 is 7.45. The molecule has 0 spiro atoms. The lowest BCUT2D eigenvalue weighted by molar-refractivity contribution is 0.357. The van der Waals surface area contributed by atoms with E-state index in [9.17, 15) is 0 Å². The third-order valence-electron chi connectivity index (χ3n) is 6.89. The number of aliphatic imine (C=N–C) groups is 2. The largest absolute Gasteiger partial charge is 0.493 e. The van der Waals surface area contributed by atoms with Gasteiger partial charge in [-0.25, -0.2) is 0 Å². The number of nitrogens with zero attached hydrogens (tertiary/aromatic N) is 2. The minimum Gasteiger partial charge on any atom is -0.493 e. The number of hydrogen-bond donors (Lipinski definition) is 6. The van der Waals surface area contributed by atoms with E-state index in [1.54, 1.807) is 0 Å². The molecule has 39 heavy (non-hydrogen) atoms. The van der Waals surface area contributed by atoms with Gasteiger partial charge in [0.1, 0.15) is 5.75 Å². The highest BCUT2D eigenvalue weighted by Crippen LogP contribution is 2.29. The molecule has 0 radical (unpaired) electrons. The Morgan fingerprint density at radius 2 is 1.36 bits per heavy atom. The van der Waals surface area contributed by atoms with E-state index in [0.29, 0.717) is 14.3 Å². The predicted molar refractivity (Wildman–Crippen MR) is 163 cm³/mol. The maximum absolute atomic E-state index is 5.45. The molecule has 6 N–H and O–H groups in total. The third kappa shape index (κ3) is 4.56. The maximum atomic E-state index is 5.45. The van der Waals surface area contributed by atoms with Gasteiger partial charge in [0.2, 0.25) is 0 Å². The van der Waals surface area contributed by atoms with Crippen LogP contribution in [0, 0.1) is 14.3 Å². The van der Waals surface area contributed by atoms with Gasteiger partial charge >= 0.3 is 0 Å². The number of benzene rings is 3. The predicted octanol–water partition coefficient (Wildman–Crippen LogP) is 6.80. The Hall–Kier alpha value is -4.13. The Balaban J connectivity index is 0.0000000974. The third-order valence-corrected chi connectivity index (χ3v) is 7.50. The van der Waals surface area contributed by atoms with Crippen LogP contribution in [-0.4, -0.2) is 48.9 Å². The molecule has 12 heteroatoms. The normalized spacial score (nSPS) is 14.1. The van der Waals surface area contributed by atoms with E-state index in [-0.39, 0.29) is 0 Å². The van der Waals surface area contributed by atoms with Crippen molar-refractivity contribution >= 4 is 87.9 Å². The minimum atomic E-state index is 0.665. The number of fused-ring (bicyclic) bond motifs is 7. The first kappa shape index (κ1) is 23.9. The van der Waals surface area contributed by atoms with Gasteiger partial charge in [0.15, 0.2) is 14.3 Å². The van der Waals surface area contributed by atoms with E-state index < -0.39 is 0 Å². The zero-order valence-electron chi connectivity index (χ0n) is 20.5. The summed E-state index contributed by atoms with van der Waals surface area (Å²) in [6.45, 7) is 1.58. The molecule has 0 bridgehead atoms. The molecule has 0 fully saturated rings. The van der Waals surface area contributed by atoms with Gasteiger partial charge in [-0.2, -0.15) is 0 Å². The van der Waals surface area contributed by atoms with Crippen molar-refractivity contribution in [2.45, 2.75) is 19.4 Å². The lowest BCUT2D eigenvalue weighted by atomic mass is 10.1. The van der Waals surface area contributed by atoms with Crippen molar-refractivity contribution in [3.63, 3.8) is 0 Å².